The van der Waals surface area contributed by atoms with Crippen LogP contribution in [0.1, 0.15) is 25.7 Å². The van der Waals surface area contributed by atoms with Crippen molar-refractivity contribution in [2.24, 2.45) is 0 Å². The average molecular weight is 304 g/mol. The molecule has 0 aromatic carbocycles. The monoisotopic (exact) mass is 304 g/mol. The third kappa shape index (κ3) is 2.84. The highest BCUT2D eigenvalue weighted by Gasteiger charge is 2.22. The Morgan fingerprint density at radius 3 is 1.77 bits per heavy atom. The van der Waals surface area contributed by atoms with Gasteiger partial charge in [0.1, 0.15) is 11.6 Å². The highest BCUT2D eigenvalue weighted by atomic mass is 15.5. The van der Waals surface area contributed by atoms with Crippen molar-refractivity contribution in [1.82, 2.24) is 15.3 Å². The Bertz CT molecular complexity index is 467. The van der Waals surface area contributed by atoms with Gasteiger partial charge in [0.2, 0.25) is 5.95 Å². The summed E-state index contributed by atoms with van der Waals surface area (Å²) in [6.07, 6.45) is 5.10. The van der Waals surface area contributed by atoms with E-state index in [4.69, 9.17) is 9.97 Å². The summed E-state index contributed by atoms with van der Waals surface area (Å²) in [6.45, 7) is 8.64. The second-order valence-electron chi connectivity index (χ2n) is 6.51. The lowest BCUT2D eigenvalue weighted by Crippen LogP contribution is -2.44. The summed E-state index contributed by atoms with van der Waals surface area (Å²) in [5, 5.41) is 3.42. The Labute approximate surface area is 132 Å². The van der Waals surface area contributed by atoms with Crippen LogP contribution in [0.4, 0.5) is 17.6 Å². The molecular formula is C16H26N6. The van der Waals surface area contributed by atoms with Gasteiger partial charge in [-0.25, -0.2) is 0 Å². The average Bonchev–Trinajstić information content (AvgIpc) is 3.29. The summed E-state index contributed by atoms with van der Waals surface area (Å²) in [7, 11) is 0. The smallest absolute Gasteiger partial charge is 0.229 e. The van der Waals surface area contributed by atoms with E-state index in [1.165, 1.54) is 25.7 Å². The maximum absolute atomic E-state index is 4.90. The molecule has 3 fully saturated rings. The van der Waals surface area contributed by atoms with Gasteiger partial charge in [-0.15, -0.1) is 0 Å². The van der Waals surface area contributed by atoms with Gasteiger partial charge in [-0.2, -0.15) is 9.97 Å². The second kappa shape index (κ2) is 6.28. The molecule has 0 spiro atoms. The molecule has 4 heterocycles. The van der Waals surface area contributed by atoms with Crippen LogP contribution in [0.3, 0.4) is 0 Å². The first-order chi connectivity index (χ1) is 10.9. The molecule has 3 saturated heterocycles. The zero-order valence-electron chi connectivity index (χ0n) is 13.3. The molecule has 6 nitrogen and oxygen atoms in total. The molecule has 0 radical (unpaired) electrons. The van der Waals surface area contributed by atoms with Crippen molar-refractivity contribution in [1.29, 1.82) is 0 Å². The van der Waals surface area contributed by atoms with Gasteiger partial charge < -0.3 is 20.0 Å². The first-order valence-electron chi connectivity index (χ1n) is 8.75. The van der Waals surface area contributed by atoms with Gasteiger partial charge in [0.25, 0.3) is 0 Å². The van der Waals surface area contributed by atoms with Gasteiger partial charge in [0, 0.05) is 58.4 Å². The minimum atomic E-state index is 0.940. The zero-order chi connectivity index (χ0) is 14.8. The van der Waals surface area contributed by atoms with Crippen molar-refractivity contribution in [3.8, 4) is 0 Å². The summed E-state index contributed by atoms with van der Waals surface area (Å²) < 4.78 is 0. The number of hydrogen-bond acceptors (Lipinski definition) is 6. The first kappa shape index (κ1) is 14.1. The quantitative estimate of drug-likeness (QED) is 0.902. The Morgan fingerprint density at radius 1 is 0.682 bits per heavy atom. The number of aromatic nitrogens is 2. The van der Waals surface area contributed by atoms with Gasteiger partial charge in [-0.1, -0.05) is 0 Å². The fourth-order valence-corrected chi connectivity index (χ4v) is 3.63. The summed E-state index contributed by atoms with van der Waals surface area (Å²) in [6, 6.07) is 2.20. The van der Waals surface area contributed by atoms with Crippen molar-refractivity contribution in [2.75, 3.05) is 67.1 Å². The maximum atomic E-state index is 4.90. The van der Waals surface area contributed by atoms with E-state index in [0.717, 1.165) is 69.9 Å². The van der Waals surface area contributed by atoms with Crippen LogP contribution in [0, 0.1) is 0 Å². The molecule has 1 aromatic rings. The fourth-order valence-electron chi connectivity index (χ4n) is 3.63. The topological polar surface area (TPSA) is 47.5 Å². The lowest BCUT2D eigenvalue weighted by molar-refractivity contribution is 0.584. The molecule has 120 valence electrons. The van der Waals surface area contributed by atoms with Crippen LogP contribution in [0.2, 0.25) is 0 Å². The third-order valence-electron chi connectivity index (χ3n) is 4.95. The highest BCUT2D eigenvalue weighted by Crippen LogP contribution is 2.27. The predicted molar refractivity (Wildman–Crippen MR) is 90.0 cm³/mol. The van der Waals surface area contributed by atoms with Gasteiger partial charge >= 0.3 is 0 Å². The first-order valence-corrected chi connectivity index (χ1v) is 8.75. The van der Waals surface area contributed by atoms with E-state index >= 15 is 0 Å². The lowest BCUT2D eigenvalue weighted by atomic mass is 10.4. The molecule has 6 heteroatoms. The van der Waals surface area contributed by atoms with Gasteiger partial charge in [-0.05, 0) is 25.7 Å². The number of anilines is 3. The molecule has 0 saturated carbocycles. The summed E-state index contributed by atoms with van der Waals surface area (Å²) >= 11 is 0. The SMILES string of the molecule is C1CCN(c2[13cH]c(N3CCNCC3)n[13c](N3CCCC3)n2)C1. The number of hydrogen-bond donors (Lipinski definition) is 1. The van der Waals surface area contributed by atoms with E-state index in [1.807, 2.05) is 0 Å². The molecule has 3 aliphatic rings. The van der Waals surface area contributed by atoms with Gasteiger partial charge in [-0.3, -0.25) is 0 Å². The van der Waals surface area contributed by atoms with Crippen LogP contribution in [-0.2, 0) is 0 Å². The fraction of sp³-hybridized carbons (Fsp3) is 0.750. The molecular weight excluding hydrogens is 278 g/mol. The van der Waals surface area contributed by atoms with Crippen LogP contribution < -0.4 is 20.0 Å². The van der Waals surface area contributed by atoms with Crippen molar-refractivity contribution >= 4 is 17.6 Å². The standard InChI is InChI=1S/C16H26N6/c1-2-8-20(7-1)14-13-15(21-11-5-17-6-12-21)19-16(18-14)22-9-3-4-10-22/h13,17H,1-12H2/i13+1,16+1. The van der Waals surface area contributed by atoms with Crippen molar-refractivity contribution in [3.63, 3.8) is 0 Å². The van der Waals surface area contributed by atoms with E-state index in [9.17, 15) is 0 Å². The van der Waals surface area contributed by atoms with E-state index in [1.54, 1.807) is 0 Å². The molecule has 1 N–H and O–H groups in total. The third-order valence-corrected chi connectivity index (χ3v) is 4.95. The molecule has 0 aliphatic carbocycles. The summed E-state index contributed by atoms with van der Waals surface area (Å²) in [5.74, 6) is 3.18. The van der Waals surface area contributed by atoms with Gasteiger partial charge in [0.05, 0.1) is 0 Å². The van der Waals surface area contributed by atoms with Crippen LogP contribution in [0.15, 0.2) is 6.07 Å². The number of rotatable bonds is 3. The minimum absolute atomic E-state index is 0.940. The number of piperazine rings is 1. The summed E-state index contributed by atoms with van der Waals surface area (Å²) in [5.41, 5.74) is 0. The van der Waals surface area contributed by atoms with Gasteiger partial charge in [0.15, 0.2) is 0 Å². The molecule has 22 heavy (non-hydrogen) atoms. The van der Waals surface area contributed by atoms with Crippen LogP contribution in [0.25, 0.3) is 0 Å². The molecule has 0 amide bonds. The van der Waals surface area contributed by atoms with Crippen molar-refractivity contribution in [2.45, 2.75) is 25.7 Å². The van der Waals surface area contributed by atoms with E-state index in [0.29, 0.717) is 0 Å². The second-order valence-corrected chi connectivity index (χ2v) is 6.51. The predicted octanol–water partition coefficient (Wildman–Crippen LogP) is 1.09. The Kier molecular flexibility index (Phi) is 4.01. The Hall–Kier alpha value is -1.56. The highest BCUT2D eigenvalue weighted by molar-refractivity contribution is 5.56. The largest absolute Gasteiger partial charge is 0.356 e. The molecule has 0 atom stereocenters. The molecule has 1 aromatic heterocycles. The minimum Gasteiger partial charge on any atom is -0.356 e. The molecule has 3 aliphatic heterocycles. The van der Waals surface area contributed by atoms with Crippen LogP contribution >= 0.6 is 0 Å². The van der Waals surface area contributed by atoms with E-state index in [2.05, 4.69) is 26.1 Å². The van der Waals surface area contributed by atoms with Crippen LogP contribution in [-0.4, -0.2) is 62.3 Å². The van der Waals surface area contributed by atoms with Crippen molar-refractivity contribution < 1.29 is 0 Å². The van der Waals surface area contributed by atoms with Crippen LogP contribution in [0.5, 0.6) is 0 Å². The van der Waals surface area contributed by atoms with E-state index in [-0.39, 0.29) is 0 Å². The molecule has 4 rings (SSSR count). The van der Waals surface area contributed by atoms with E-state index < -0.39 is 0 Å². The summed E-state index contributed by atoms with van der Waals surface area (Å²) in [4.78, 5) is 17.0. The lowest BCUT2D eigenvalue weighted by Gasteiger charge is -2.30. The molecule has 0 bridgehead atoms. The number of nitrogens with zero attached hydrogens (tertiary/aromatic N) is 5. The van der Waals surface area contributed by atoms with Crippen molar-refractivity contribution in [3.05, 3.63) is 6.07 Å². The Morgan fingerprint density at radius 2 is 1.18 bits per heavy atom. The number of nitrogens with one attached hydrogen (secondary N) is 1. The maximum Gasteiger partial charge on any atom is 0.229 e. The normalized spacial score (nSPS) is 22.6. The molecule has 0 unspecified atom stereocenters. The Balaban J connectivity index is 1.65. The zero-order valence-corrected chi connectivity index (χ0v) is 13.3.